The lowest BCUT2D eigenvalue weighted by atomic mass is 10.3. The van der Waals surface area contributed by atoms with Crippen LogP contribution in [0.5, 0.6) is 0 Å². The first-order chi connectivity index (χ1) is 15.9. The van der Waals surface area contributed by atoms with Crippen molar-refractivity contribution < 1.29 is 0 Å². The van der Waals surface area contributed by atoms with Gasteiger partial charge >= 0.3 is 0 Å². The molecule has 4 aromatic rings. The molecule has 0 aromatic carbocycles. The number of hydrogen-bond acceptors (Lipinski definition) is 12. The highest BCUT2D eigenvalue weighted by Crippen LogP contribution is 2.37. The van der Waals surface area contributed by atoms with Crippen LogP contribution >= 0.6 is 15.9 Å². The maximum absolute atomic E-state index is 4.47. The van der Waals surface area contributed by atoms with Crippen molar-refractivity contribution >= 4 is 62.5 Å². The van der Waals surface area contributed by atoms with Crippen molar-refractivity contribution in [2.45, 2.75) is 0 Å². The van der Waals surface area contributed by atoms with Crippen LogP contribution in [0.2, 0.25) is 0 Å². The summed E-state index contributed by atoms with van der Waals surface area (Å²) in [6, 6.07) is 5.59. The number of fused-ring (bicyclic) bond motifs is 8. The molecule has 0 saturated carbocycles. The molecule has 0 amide bonds. The second kappa shape index (κ2) is 8.16. The highest BCUT2D eigenvalue weighted by Gasteiger charge is 2.21. The zero-order chi connectivity index (χ0) is 23.1. The highest BCUT2D eigenvalue weighted by molar-refractivity contribution is 9.10. The molecule has 0 fully saturated rings. The first kappa shape index (κ1) is 20.9. The van der Waals surface area contributed by atoms with E-state index >= 15 is 0 Å². The summed E-state index contributed by atoms with van der Waals surface area (Å²) in [5, 5.41) is 0. The lowest BCUT2D eigenvalue weighted by molar-refractivity contribution is 0.965. The molecule has 0 unspecified atom stereocenters. The van der Waals surface area contributed by atoms with Crippen LogP contribution in [0.4, 0.5) is 46.5 Å². The smallest absolute Gasteiger partial charge is 0.153 e. The maximum Gasteiger partial charge on any atom is 0.153 e. The minimum atomic E-state index is 0.641. The molecular weight excluding hydrogens is 488 g/mol. The third-order valence-electron chi connectivity index (χ3n) is 5.36. The Labute approximate surface area is 198 Å². The van der Waals surface area contributed by atoms with Crippen LogP contribution in [0.15, 0.2) is 48.0 Å². The fourth-order valence-corrected chi connectivity index (χ4v) is 4.12. The standard InChI is InChI=1S/C20H19BrN12/c1-30-12-5-13(23-8-22-12)31(2)15-7-17(27-10-25-15)33(4)20-18(21)19(28-11-29-20)32(3)16-6-14(30)24-9-26-16/h5-11H,1-4H3. The Morgan fingerprint density at radius 2 is 0.727 bits per heavy atom. The lowest BCUT2D eigenvalue weighted by Crippen LogP contribution is -2.21. The Morgan fingerprint density at radius 3 is 1.06 bits per heavy atom. The monoisotopic (exact) mass is 506 g/mol. The summed E-state index contributed by atoms with van der Waals surface area (Å²) in [7, 11) is 7.54. The van der Waals surface area contributed by atoms with E-state index in [0.29, 0.717) is 51.0 Å². The van der Waals surface area contributed by atoms with E-state index in [4.69, 9.17) is 0 Å². The second-order valence-corrected chi connectivity index (χ2v) is 8.07. The molecule has 0 spiro atoms. The molecule has 1 aliphatic rings. The summed E-state index contributed by atoms with van der Waals surface area (Å²) in [6.45, 7) is 0. The number of hydrogen-bond donors (Lipinski definition) is 0. The third kappa shape index (κ3) is 3.65. The molecule has 5 heterocycles. The van der Waals surface area contributed by atoms with E-state index in [0.717, 1.165) is 0 Å². The summed E-state index contributed by atoms with van der Waals surface area (Å²) in [6.07, 6.45) is 6.04. The summed E-state index contributed by atoms with van der Waals surface area (Å²) in [4.78, 5) is 43.0. The van der Waals surface area contributed by atoms with Gasteiger partial charge in [0.25, 0.3) is 0 Å². The van der Waals surface area contributed by atoms with Crippen LogP contribution in [-0.2, 0) is 0 Å². The Bertz CT molecular complexity index is 1240. The molecule has 4 aromatic heterocycles. The van der Waals surface area contributed by atoms with E-state index < -0.39 is 0 Å². The first-order valence-corrected chi connectivity index (χ1v) is 10.6. The molecule has 0 saturated heterocycles. The van der Waals surface area contributed by atoms with Gasteiger partial charge in [0.15, 0.2) is 11.6 Å². The van der Waals surface area contributed by atoms with Crippen molar-refractivity contribution in [2.75, 3.05) is 47.8 Å². The van der Waals surface area contributed by atoms with E-state index in [-0.39, 0.29) is 0 Å². The Morgan fingerprint density at radius 1 is 0.455 bits per heavy atom. The summed E-state index contributed by atoms with van der Waals surface area (Å²) < 4.78 is 0.692. The highest BCUT2D eigenvalue weighted by atomic mass is 79.9. The number of aromatic nitrogens is 8. The molecule has 1 aliphatic heterocycles. The molecular formula is C20H19BrN12. The van der Waals surface area contributed by atoms with Crippen molar-refractivity contribution in [1.82, 2.24) is 39.9 Å². The molecule has 0 N–H and O–H groups in total. The van der Waals surface area contributed by atoms with Gasteiger partial charge in [0.1, 0.15) is 64.7 Å². The van der Waals surface area contributed by atoms with Crippen molar-refractivity contribution in [3.8, 4) is 0 Å². The van der Waals surface area contributed by atoms with E-state index in [1.807, 2.05) is 66.0 Å². The minimum Gasteiger partial charge on any atom is -0.314 e. The SMILES string of the molecule is CN1c2cc(ncn2)N(C)c2cc(ncn2)N(C)c2ncnc(c2Br)N(C)c2cc1ncn2. The van der Waals surface area contributed by atoms with Crippen LogP contribution in [0, 0.1) is 0 Å². The van der Waals surface area contributed by atoms with Gasteiger partial charge in [0.2, 0.25) is 0 Å². The first-order valence-electron chi connectivity index (χ1n) is 9.85. The van der Waals surface area contributed by atoms with Crippen LogP contribution in [0.25, 0.3) is 0 Å². The van der Waals surface area contributed by atoms with Crippen LogP contribution < -0.4 is 19.6 Å². The van der Waals surface area contributed by atoms with Gasteiger partial charge < -0.3 is 19.6 Å². The molecule has 33 heavy (non-hydrogen) atoms. The average Bonchev–Trinajstić information content (AvgIpc) is 2.87. The van der Waals surface area contributed by atoms with Gasteiger partial charge in [0, 0.05) is 46.4 Å². The normalized spacial score (nSPS) is 13.4. The van der Waals surface area contributed by atoms with Crippen molar-refractivity contribution in [2.24, 2.45) is 0 Å². The number of rotatable bonds is 0. The zero-order valence-corrected chi connectivity index (χ0v) is 19.9. The van der Waals surface area contributed by atoms with E-state index in [2.05, 4.69) is 55.8 Å². The Balaban J connectivity index is 1.75. The van der Waals surface area contributed by atoms with E-state index in [9.17, 15) is 0 Å². The second-order valence-electron chi connectivity index (χ2n) is 7.27. The topological polar surface area (TPSA) is 116 Å². The molecule has 13 heteroatoms. The van der Waals surface area contributed by atoms with Gasteiger partial charge in [-0.25, -0.2) is 39.9 Å². The molecule has 5 rings (SSSR count). The molecule has 0 aliphatic carbocycles. The van der Waals surface area contributed by atoms with E-state index in [1.54, 1.807) is 0 Å². The number of anilines is 8. The summed E-state index contributed by atoms with van der Waals surface area (Å²) in [5.41, 5.74) is 0. The van der Waals surface area contributed by atoms with Gasteiger partial charge in [-0.3, -0.25) is 0 Å². The Kier molecular flexibility index (Phi) is 5.17. The Hall–Kier alpha value is -4.00. The van der Waals surface area contributed by atoms with Crippen molar-refractivity contribution in [3.63, 3.8) is 0 Å². The van der Waals surface area contributed by atoms with Crippen molar-refractivity contribution in [3.05, 3.63) is 48.0 Å². The zero-order valence-electron chi connectivity index (χ0n) is 18.3. The van der Waals surface area contributed by atoms with E-state index in [1.165, 1.54) is 25.3 Å². The fourth-order valence-electron chi connectivity index (χ4n) is 3.38. The maximum atomic E-state index is 4.47. The van der Waals surface area contributed by atoms with Crippen LogP contribution in [0.3, 0.4) is 0 Å². The number of halogens is 1. The summed E-state index contributed by atoms with van der Waals surface area (Å²) in [5.74, 6) is 5.26. The van der Waals surface area contributed by atoms with Crippen LogP contribution in [-0.4, -0.2) is 68.1 Å². The van der Waals surface area contributed by atoms with Crippen molar-refractivity contribution in [1.29, 1.82) is 0 Å². The molecule has 8 bridgehead atoms. The largest absolute Gasteiger partial charge is 0.314 e. The predicted octanol–water partition coefficient (Wildman–Crippen LogP) is 2.99. The van der Waals surface area contributed by atoms with Gasteiger partial charge in [-0.05, 0) is 15.9 Å². The molecule has 166 valence electrons. The quantitative estimate of drug-likeness (QED) is 0.348. The molecule has 12 nitrogen and oxygen atoms in total. The fraction of sp³-hybridized carbons (Fsp3) is 0.200. The van der Waals surface area contributed by atoms with Crippen LogP contribution in [0.1, 0.15) is 0 Å². The average molecular weight is 507 g/mol. The van der Waals surface area contributed by atoms with Gasteiger partial charge in [0.05, 0.1) is 0 Å². The third-order valence-corrected chi connectivity index (χ3v) is 6.07. The van der Waals surface area contributed by atoms with Gasteiger partial charge in [-0.15, -0.1) is 0 Å². The lowest BCUT2D eigenvalue weighted by Gasteiger charge is -2.26. The number of nitrogens with zero attached hydrogens (tertiary/aromatic N) is 12. The molecule has 0 atom stereocenters. The van der Waals surface area contributed by atoms with Gasteiger partial charge in [-0.2, -0.15) is 0 Å². The minimum absolute atomic E-state index is 0.641. The predicted molar refractivity (Wildman–Crippen MR) is 128 cm³/mol. The molecule has 0 radical (unpaired) electrons. The summed E-state index contributed by atoms with van der Waals surface area (Å²) >= 11 is 3.67. The van der Waals surface area contributed by atoms with Gasteiger partial charge in [-0.1, -0.05) is 0 Å².